The Bertz CT molecular complexity index is 435. The molecule has 0 spiro atoms. The molecule has 116 valence electrons. The van der Waals surface area contributed by atoms with Crippen LogP contribution in [-0.2, 0) is 6.42 Å². The van der Waals surface area contributed by atoms with Crippen LogP contribution in [0.4, 0.5) is 0 Å². The van der Waals surface area contributed by atoms with E-state index in [0.29, 0.717) is 0 Å². The lowest BCUT2D eigenvalue weighted by Gasteiger charge is -2.27. The number of hydrogen-bond acceptors (Lipinski definition) is 0. The van der Waals surface area contributed by atoms with E-state index in [9.17, 15) is 0 Å². The molecule has 0 bridgehead atoms. The molecular formula is C19H26Br2. The zero-order valence-electron chi connectivity index (χ0n) is 13.0. The molecule has 0 amide bonds. The molecule has 0 nitrogen and oxygen atoms in total. The van der Waals surface area contributed by atoms with Crippen LogP contribution in [-0.4, -0.2) is 0 Å². The zero-order valence-corrected chi connectivity index (χ0v) is 16.1. The van der Waals surface area contributed by atoms with Crippen LogP contribution in [0.2, 0.25) is 0 Å². The van der Waals surface area contributed by atoms with Gasteiger partial charge in [-0.05, 0) is 93.3 Å². The Morgan fingerprint density at radius 2 is 1.71 bits per heavy atom. The van der Waals surface area contributed by atoms with Crippen molar-refractivity contribution in [1.82, 2.24) is 0 Å². The molecule has 0 radical (unpaired) electrons. The maximum atomic E-state index is 3.48. The second-order valence-corrected chi connectivity index (χ2v) is 9.04. The molecule has 2 rings (SSSR count). The van der Waals surface area contributed by atoms with Crippen LogP contribution in [0.3, 0.4) is 0 Å². The molecule has 0 unspecified atom stereocenters. The maximum absolute atomic E-state index is 3.48. The summed E-state index contributed by atoms with van der Waals surface area (Å²) in [5.41, 5.74) is 3.06. The Labute approximate surface area is 146 Å². The van der Waals surface area contributed by atoms with Gasteiger partial charge in [-0.3, -0.25) is 0 Å². The fourth-order valence-corrected chi connectivity index (χ4v) is 4.08. The lowest BCUT2D eigenvalue weighted by atomic mass is 9.78. The van der Waals surface area contributed by atoms with E-state index in [1.165, 1.54) is 56.9 Å². The third-order valence-electron chi connectivity index (χ3n) is 4.65. The highest BCUT2D eigenvalue weighted by Crippen LogP contribution is 2.37. The van der Waals surface area contributed by atoms with Crippen molar-refractivity contribution in [2.24, 2.45) is 5.92 Å². The topological polar surface area (TPSA) is 0 Å². The smallest absolute Gasteiger partial charge is 0.0567 e. The van der Waals surface area contributed by atoms with Crippen LogP contribution in [0.1, 0.15) is 68.9 Å². The second-order valence-electron chi connectivity index (χ2n) is 6.27. The van der Waals surface area contributed by atoms with Gasteiger partial charge in [0.2, 0.25) is 0 Å². The number of hydrogen-bond donors (Lipinski definition) is 0. The van der Waals surface area contributed by atoms with Crippen LogP contribution in [0, 0.1) is 5.92 Å². The lowest BCUT2D eigenvalue weighted by molar-refractivity contribution is 0.376. The van der Waals surface area contributed by atoms with E-state index in [0.717, 1.165) is 15.2 Å². The first-order valence-electron chi connectivity index (χ1n) is 8.30. The molecule has 1 aliphatic carbocycles. The van der Waals surface area contributed by atoms with Gasteiger partial charge < -0.3 is 0 Å². The normalized spacial score (nSPS) is 22.0. The largest absolute Gasteiger partial charge is 0.0654 e. The van der Waals surface area contributed by atoms with E-state index < -0.39 is 0 Å². The molecule has 2 heteroatoms. The van der Waals surface area contributed by atoms with E-state index in [1.807, 2.05) is 0 Å². The summed E-state index contributed by atoms with van der Waals surface area (Å²) in [6, 6.07) is 9.46. The monoisotopic (exact) mass is 412 g/mol. The summed E-state index contributed by atoms with van der Waals surface area (Å²) in [4.78, 5) is 0. The third-order valence-corrected chi connectivity index (χ3v) is 5.18. The molecule has 1 aromatic carbocycles. The van der Waals surface area contributed by atoms with E-state index in [1.54, 1.807) is 5.56 Å². The Morgan fingerprint density at radius 3 is 2.29 bits per heavy atom. The molecule has 0 heterocycles. The molecule has 0 N–H and O–H groups in total. The lowest BCUT2D eigenvalue weighted by Crippen LogP contribution is -2.11. The minimum absolute atomic E-state index is 0.739. The number of aryl methyl sites for hydroxylation is 1. The van der Waals surface area contributed by atoms with E-state index >= 15 is 0 Å². The van der Waals surface area contributed by atoms with Gasteiger partial charge in [-0.25, -0.2) is 0 Å². The Morgan fingerprint density at radius 1 is 1.05 bits per heavy atom. The molecule has 0 aromatic heterocycles. The van der Waals surface area contributed by atoms with Gasteiger partial charge in [0, 0.05) is 0 Å². The highest BCUT2D eigenvalue weighted by Gasteiger charge is 2.21. The quantitative estimate of drug-likeness (QED) is 0.428. The predicted molar refractivity (Wildman–Crippen MR) is 100 cm³/mol. The van der Waals surface area contributed by atoms with Crippen molar-refractivity contribution in [3.63, 3.8) is 0 Å². The van der Waals surface area contributed by atoms with Crippen molar-refractivity contribution >= 4 is 31.9 Å². The molecular weight excluding hydrogens is 388 g/mol. The predicted octanol–water partition coefficient (Wildman–Crippen LogP) is 7.32. The third kappa shape index (κ3) is 5.90. The van der Waals surface area contributed by atoms with Gasteiger partial charge in [0.25, 0.3) is 0 Å². The highest BCUT2D eigenvalue weighted by atomic mass is 79.9. The molecule has 1 aromatic rings. The molecule has 21 heavy (non-hydrogen) atoms. The Kier molecular flexibility index (Phi) is 7.53. The SMILES string of the molecule is CCCCCc1ccc(C2CCC(C=C(Br)Br)CC2)cc1. The van der Waals surface area contributed by atoms with Crippen LogP contribution < -0.4 is 0 Å². The van der Waals surface area contributed by atoms with E-state index in [4.69, 9.17) is 0 Å². The fraction of sp³-hybridized carbons (Fsp3) is 0.579. The molecule has 1 saturated carbocycles. The summed E-state index contributed by atoms with van der Waals surface area (Å²) in [5.74, 6) is 1.51. The first-order chi connectivity index (χ1) is 10.2. The van der Waals surface area contributed by atoms with Gasteiger partial charge in [-0.2, -0.15) is 0 Å². The van der Waals surface area contributed by atoms with Gasteiger partial charge in [0.05, 0.1) is 3.39 Å². The van der Waals surface area contributed by atoms with Crippen molar-refractivity contribution in [1.29, 1.82) is 0 Å². The van der Waals surface area contributed by atoms with Gasteiger partial charge in [-0.1, -0.05) is 50.1 Å². The summed E-state index contributed by atoms with van der Waals surface area (Å²) in [5, 5.41) is 0. The van der Waals surface area contributed by atoms with Crippen molar-refractivity contribution in [3.05, 3.63) is 44.9 Å². The van der Waals surface area contributed by atoms with Crippen LogP contribution >= 0.6 is 31.9 Å². The Balaban J connectivity index is 1.84. The van der Waals surface area contributed by atoms with Gasteiger partial charge >= 0.3 is 0 Å². The van der Waals surface area contributed by atoms with E-state index in [2.05, 4.69) is 69.1 Å². The van der Waals surface area contributed by atoms with E-state index in [-0.39, 0.29) is 0 Å². The average molecular weight is 414 g/mol. The van der Waals surface area contributed by atoms with Gasteiger partial charge in [0.1, 0.15) is 0 Å². The maximum Gasteiger partial charge on any atom is 0.0567 e. The number of allylic oxidation sites excluding steroid dienone is 1. The van der Waals surface area contributed by atoms with Crippen LogP contribution in [0.15, 0.2) is 33.7 Å². The van der Waals surface area contributed by atoms with Crippen LogP contribution in [0.5, 0.6) is 0 Å². The molecule has 0 aliphatic heterocycles. The summed E-state index contributed by atoms with van der Waals surface area (Å²) in [6.45, 7) is 2.27. The first kappa shape index (κ1) is 17.3. The van der Waals surface area contributed by atoms with Crippen LogP contribution in [0.25, 0.3) is 0 Å². The van der Waals surface area contributed by atoms with Gasteiger partial charge in [0.15, 0.2) is 0 Å². The number of benzene rings is 1. The summed E-state index contributed by atoms with van der Waals surface area (Å²) >= 11 is 6.96. The van der Waals surface area contributed by atoms with Gasteiger partial charge in [-0.15, -0.1) is 0 Å². The minimum Gasteiger partial charge on any atom is -0.0654 e. The number of rotatable bonds is 6. The second kappa shape index (κ2) is 9.15. The summed E-state index contributed by atoms with van der Waals surface area (Å²) in [6.07, 6.45) is 12.8. The molecule has 0 saturated heterocycles. The fourth-order valence-electron chi connectivity index (χ4n) is 3.33. The first-order valence-corrected chi connectivity index (χ1v) is 9.89. The van der Waals surface area contributed by atoms with Crippen molar-refractivity contribution in [2.45, 2.75) is 64.2 Å². The average Bonchev–Trinajstić information content (AvgIpc) is 2.49. The van der Waals surface area contributed by atoms with Crippen molar-refractivity contribution in [2.75, 3.05) is 0 Å². The Hall–Kier alpha value is -0.0800. The molecule has 1 aliphatic rings. The number of unbranched alkanes of at least 4 members (excludes halogenated alkanes) is 2. The number of halogens is 2. The summed E-state index contributed by atoms with van der Waals surface area (Å²) < 4.78 is 1.11. The minimum atomic E-state index is 0.739. The zero-order chi connectivity index (χ0) is 15.1. The highest BCUT2D eigenvalue weighted by molar-refractivity contribution is 9.28. The van der Waals surface area contributed by atoms with Crippen molar-refractivity contribution < 1.29 is 0 Å². The molecule has 1 fully saturated rings. The molecule has 0 atom stereocenters. The van der Waals surface area contributed by atoms with Crippen molar-refractivity contribution in [3.8, 4) is 0 Å². The standard InChI is InChI=1S/C19H26Br2/c1-2-3-4-5-15-6-10-17(11-7-15)18-12-8-16(9-13-18)14-19(20)21/h6-7,10-11,14,16,18H,2-5,8-9,12-13H2,1H3. The summed E-state index contributed by atoms with van der Waals surface area (Å²) in [7, 11) is 0.